The van der Waals surface area contributed by atoms with Gasteiger partial charge in [0.05, 0.1) is 11.3 Å². The number of imidazole rings is 1. The lowest BCUT2D eigenvalue weighted by molar-refractivity contribution is 0.0696. The summed E-state index contributed by atoms with van der Waals surface area (Å²) in [5, 5.41) is 18.3. The van der Waals surface area contributed by atoms with Crippen LogP contribution in [0.3, 0.4) is 0 Å². The largest absolute Gasteiger partial charge is 0.506 e. The van der Waals surface area contributed by atoms with Crippen LogP contribution in [0.15, 0.2) is 29.4 Å². The highest BCUT2D eigenvalue weighted by molar-refractivity contribution is 7.92. The van der Waals surface area contributed by atoms with E-state index in [0.29, 0.717) is 5.82 Å². The lowest BCUT2D eigenvalue weighted by Crippen LogP contribution is -2.13. The summed E-state index contributed by atoms with van der Waals surface area (Å²) in [6.07, 6.45) is 1.33. The average molecular weight is 311 g/mol. The number of hydrogen-bond donors (Lipinski definition) is 3. The molecule has 0 radical (unpaired) electrons. The molecule has 0 saturated carbocycles. The highest BCUT2D eigenvalue weighted by Crippen LogP contribution is 2.26. The third-order valence-electron chi connectivity index (χ3n) is 2.85. The molecule has 0 aliphatic carbocycles. The number of rotatable bonds is 4. The number of carbonyl (C=O) groups is 1. The van der Waals surface area contributed by atoms with Gasteiger partial charge in [0.25, 0.3) is 10.0 Å². The number of aryl methyl sites for hydroxylation is 2. The van der Waals surface area contributed by atoms with Gasteiger partial charge in [0.2, 0.25) is 0 Å². The molecule has 1 heterocycles. The molecule has 21 heavy (non-hydrogen) atoms. The van der Waals surface area contributed by atoms with Gasteiger partial charge in [-0.1, -0.05) is 0 Å². The minimum atomic E-state index is -3.96. The summed E-state index contributed by atoms with van der Waals surface area (Å²) in [6, 6.07) is 3.32. The molecule has 0 saturated heterocycles. The number of phenolic OH excluding ortho intramolecular Hbond substituents is 1. The molecule has 0 spiro atoms. The fraction of sp³-hybridized carbons (Fsp3) is 0.167. The molecule has 0 atom stereocenters. The smallest absolute Gasteiger partial charge is 0.335 e. The van der Waals surface area contributed by atoms with Crippen molar-refractivity contribution in [2.75, 3.05) is 4.72 Å². The predicted molar refractivity (Wildman–Crippen MR) is 73.8 cm³/mol. The van der Waals surface area contributed by atoms with E-state index in [1.165, 1.54) is 18.3 Å². The minimum Gasteiger partial charge on any atom is -0.506 e. The molecule has 1 aromatic carbocycles. The first-order chi connectivity index (χ1) is 9.70. The number of nitrogens with zero attached hydrogens (tertiary/aromatic N) is 2. The second-order valence-electron chi connectivity index (χ2n) is 4.38. The van der Waals surface area contributed by atoms with Crippen LogP contribution in [0.5, 0.6) is 5.75 Å². The number of carboxylic acid groups (broad SMARTS) is 1. The lowest BCUT2D eigenvalue weighted by atomic mass is 10.2. The van der Waals surface area contributed by atoms with Gasteiger partial charge in [0, 0.05) is 13.2 Å². The minimum absolute atomic E-state index is 0.122. The first-order valence-electron chi connectivity index (χ1n) is 5.80. The molecule has 0 aliphatic heterocycles. The van der Waals surface area contributed by atoms with E-state index >= 15 is 0 Å². The molecular formula is C12H13N3O5S. The third kappa shape index (κ3) is 2.97. The van der Waals surface area contributed by atoms with Gasteiger partial charge in [0.15, 0.2) is 5.03 Å². The zero-order valence-corrected chi connectivity index (χ0v) is 12.0. The van der Waals surface area contributed by atoms with Gasteiger partial charge in [-0.2, -0.15) is 8.42 Å². The molecule has 0 aliphatic rings. The van der Waals surface area contributed by atoms with E-state index < -0.39 is 21.7 Å². The number of aromatic hydroxyl groups is 1. The normalized spacial score (nSPS) is 11.3. The average Bonchev–Trinajstić information content (AvgIpc) is 2.72. The van der Waals surface area contributed by atoms with E-state index in [0.717, 1.165) is 6.07 Å². The van der Waals surface area contributed by atoms with Crippen molar-refractivity contribution in [3.8, 4) is 5.75 Å². The molecule has 0 fully saturated rings. The maximum absolute atomic E-state index is 12.1. The fourth-order valence-corrected chi connectivity index (χ4v) is 2.72. The first-order valence-corrected chi connectivity index (χ1v) is 7.28. The standard InChI is InChI=1S/C12H13N3O5S/c1-7-13-11(6-15(7)2)21(19,20)14-9-4-3-8(12(17)18)5-10(9)16/h3-6,14,16H,1-2H3,(H,17,18). The summed E-state index contributed by atoms with van der Waals surface area (Å²) in [4.78, 5) is 14.6. The van der Waals surface area contributed by atoms with Crippen LogP contribution in [-0.4, -0.2) is 34.2 Å². The number of sulfonamides is 1. The monoisotopic (exact) mass is 311 g/mol. The third-order valence-corrected chi connectivity index (χ3v) is 4.09. The Hall–Kier alpha value is -2.55. The van der Waals surface area contributed by atoms with Crippen LogP contribution in [0, 0.1) is 6.92 Å². The van der Waals surface area contributed by atoms with Crippen molar-refractivity contribution in [2.24, 2.45) is 7.05 Å². The number of anilines is 1. The van der Waals surface area contributed by atoms with Crippen LogP contribution in [0.25, 0.3) is 0 Å². The van der Waals surface area contributed by atoms with Crippen LogP contribution in [0.4, 0.5) is 5.69 Å². The maximum Gasteiger partial charge on any atom is 0.335 e. The maximum atomic E-state index is 12.1. The topological polar surface area (TPSA) is 122 Å². The summed E-state index contributed by atoms with van der Waals surface area (Å²) < 4.78 is 28.0. The van der Waals surface area contributed by atoms with Gasteiger partial charge >= 0.3 is 5.97 Å². The van der Waals surface area contributed by atoms with Crippen molar-refractivity contribution in [1.29, 1.82) is 0 Å². The van der Waals surface area contributed by atoms with Crippen molar-refractivity contribution in [3.63, 3.8) is 0 Å². The van der Waals surface area contributed by atoms with Gasteiger partial charge in [-0.05, 0) is 25.1 Å². The number of benzene rings is 1. The molecule has 0 unspecified atom stereocenters. The molecule has 8 nitrogen and oxygen atoms in total. The molecule has 112 valence electrons. The highest BCUT2D eigenvalue weighted by atomic mass is 32.2. The van der Waals surface area contributed by atoms with E-state index in [2.05, 4.69) is 9.71 Å². The number of carboxylic acids is 1. The Bertz CT molecular complexity index is 791. The number of nitrogens with one attached hydrogen (secondary N) is 1. The van der Waals surface area contributed by atoms with Crippen LogP contribution < -0.4 is 4.72 Å². The summed E-state index contributed by atoms with van der Waals surface area (Å²) in [6.45, 7) is 1.65. The van der Waals surface area contributed by atoms with Crippen LogP contribution >= 0.6 is 0 Å². The zero-order chi connectivity index (χ0) is 15.8. The van der Waals surface area contributed by atoms with E-state index in [-0.39, 0.29) is 16.3 Å². The fourth-order valence-electron chi connectivity index (χ4n) is 1.60. The number of aromatic carboxylic acids is 1. The van der Waals surface area contributed by atoms with Crippen molar-refractivity contribution in [1.82, 2.24) is 9.55 Å². The Labute approximate surface area is 120 Å². The quantitative estimate of drug-likeness (QED) is 0.722. The van der Waals surface area contributed by atoms with Gasteiger partial charge in [-0.3, -0.25) is 4.72 Å². The zero-order valence-electron chi connectivity index (χ0n) is 11.2. The van der Waals surface area contributed by atoms with Crippen molar-refractivity contribution < 1.29 is 23.4 Å². The van der Waals surface area contributed by atoms with Gasteiger partial charge < -0.3 is 14.8 Å². The van der Waals surface area contributed by atoms with Crippen LogP contribution in [0.1, 0.15) is 16.2 Å². The first kappa shape index (κ1) is 14.9. The highest BCUT2D eigenvalue weighted by Gasteiger charge is 2.20. The van der Waals surface area contributed by atoms with Gasteiger partial charge in [-0.15, -0.1) is 0 Å². The van der Waals surface area contributed by atoms with Crippen LogP contribution in [-0.2, 0) is 17.1 Å². The Morgan fingerprint density at radius 1 is 1.38 bits per heavy atom. The van der Waals surface area contributed by atoms with E-state index in [4.69, 9.17) is 5.11 Å². The Kier molecular flexibility index (Phi) is 3.60. The molecule has 0 bridgehead atoms. The molecule has 3 N–H and O–H groups in total. The molecule has 9 heteroatoms. The van der Waals surface area contributed by atoms with E-state index in [1.807, 2.05) is 0 Å². The summed E-state index contributed by atoms with van der Waals surface area (Å²) in [5.41, 5.74) is -0.271. The van der Waals surface area contributed by atoms with E-state index in [1.54, 1.807) is 18.5 Å². The number of phenols is 1. The molecule has 0 amide bonds. The summed E-state index contributed by atoms with van der Waals surface area (Å²) in [5.74, 6) is -1.19. The second-order valence-corrected chi connectivity index (χ2v) is 6.01. The van der Waals surface area contributed by atoms with Crippen molar-refractivity contribution in [3.05, 3.63) is 35.8 Å². The molecule has 2 aromatic rings. The second kappa shape index (κ2) is 5.09. The van der Waals surface area contributed by atoms with Gasteiger partial charge in [0.1, 0.15) is 11.6 Å². The Morgan fingerprint density at radius 2 is 2.05 bits per heavy atom. The number of aromatic nitrogens is 2. The Balaban J connectivity index is 2.35. The van der Waals surface area contributed by atoms with Gasteiger partial charge in [-0.25, -0.2) is 9.78 Å². The lowest BCUT2D eigenvalue weighted by Gasteiger charge is -2.08. The summed E-state index contributed by atoms with van der Waals surface area (Å²) >= 11 is 0. The molecule has 2 rings (SSSR count). The van der Waals surface area contributed by atoms with Crippen molar-refractivity contribution in [2.45, 2.75) is 11.9 Å². The molecule has 1 aromatic heterocycles. The van der Waals surface area contributed by atoms with Crippen LogP contribution in [0.2, 0.25) is 0 Å². The molecular weight excluding hydrogens is 298 g/mol. The summed E-state index contributed by atoms with van der Waals surface area (Å²) in [7, 11) is -2.31. The Morgan fingerprint density at radius 3 is 2.52 bits per heavy atom. The van der Waals surface area contributed by atoms with E-state index in [9.17, 15) is 18.3 Å². The van der Waals surface area contributed by atoms with Crippen molar-refractivity contribution >= 4 is 21.7 Å². The predicted octanol–water partition coefficient (Wildman–Crippen LogP) is 0.933. The number of hydrogen-bond acceptors (Lipinski definition) is 5. The SMILES string of the molecule is Cc1nc(S(=O)(=O)Nc2ccc(C(=O)O)cc2O)cn1C.